The van der Waals surface area contributed by atoms with Gasteiger partial charge in [-0.05, 0) is 63.2 Å². The Morgan fingerprint density at radius 3 is 2.27 bits per heavy atom. The van der Waals surface area contributed by atoms with Gasteiger partial charge in [0.25, 0.3) is 5.91 Å². The quantitative estimate of drug-likeness (QED) is 0.516. The second-order valence-electron chi connectivity index (χ2n) is 7.89. The molecule has 0 fully saturated rings. The summed E-state index contributed by atoms with van der Waals surface area (Å²) in [6.45, 7) is 4.69. The zero-order valence-electron chi connectivity index (χ0n) is 17.9. The van der Waals surface area contributed by atoms with Crippen LogP contribution in [0.25, 0.3) is 22.6 Å². The highest BCUT2D eigenvalue weighted by atomic mass is 19.4. The summed E-state index contributed by atoms with van der Waals surface area (Å²) in [6, 6.07) is 11.1. The maximum absolute atomic E-state index is 13.7. The molecule has 3 rings (SSSR count). The molecule has 6 nitrogen and oxygen atoms in total. The van der Waals surface area contributed by atoms with E-state index < -0.39 is 35.5 Å². The molecule has 0 aliphatic heterocycles. The van der Waals surface area contributed by atoms with Gasteiger partial charge in [0.1, 0.15) is 17.3 Å². The van der Waals surface area contributed by atoms with Crippen molar-refractivity contribution in [3.63, 3.8) is 0 Å². The van der Waals surface area contributed by atoms with E-state index in [9.17, 15) is 27.5 Å². The van der Waals surface area contributed by atoms with E-state index >= 15 is 0 Å². The monoisotopic (exact) mass is 463 g/mol. The molecule has 33 heavy (non-hydrogen) atoms. The van der Waals surface area contributed by atoms with Crippen molar-refractivity contribution in [1.82, 2.24) is 15.3 Å². The molecular formula is C23H21F4N3O3. The molecule has 1 atom stereocenters. The standard InChI is InChI=1S/C23H21F4N3O3/c1-13(22(2,3)32)28-21(31)19-12-18(14-7-9-17(10-8-14)33-23(25,26)27)29-20(30-19)15-5-4-6-16(24)11-15/h4-13,32H,1-3H3,(H,28,31). The van der Waals surface area contributed by atoms with E-state index in [0.717, 1.165) is 12.1 Å². The number of aliphatic hydroxyl groups is 1. The molecule has 174 valence electrons. The summed E-state index contributed by atoms with van der Waals surface area (Å²) < 4.78 is 54.9. The van der Waals surface area contributed by atoms with Crippen LogP contribution < -0.4 is 10.1 Å². The third kappa shape index (κ3) is 6.48. The first-order chi connectivity index (χ1) is 15.3. The Bertz CT molecular complexity index is 1140. The minimum atomic E-state index is -4.83. The van der Waals surface area contributed by atoms with Crippen molar-refractivity contribution in [2.24, 2.45) is 0 Å². The highest BCUT2D eigenvalue weighted by Gasteiger charge is 2.31. The third-order valence-electron chi connectivity index (χ3n) is 4.83. The Labute approximate surface area is 187 Å². The lowest BCUT2D eigenvalue weighted by Gasteiger charge is -2.26. The van der Waals surface area contributed by atoms with Crippen molar-refractivity contribution in [1.29, 1.82) is 0 Å². The van der Waals surface area contributed by atoms with E-state index in [1.54, 1.807) is 13.0 Å². The lowest BCUT2D eigenvalue weighted by molar-refractivity contribution is -0.274. The number of carbonyl (C=O) groups is 1. The molecule has 1 heterocycles. The predicted octanol–water partition coefficient (Wildman–Crippen LogP) is 4.74. The lowest BCUT2D eigenvalue weighted by Crippen LogP contribution is -2.47. The molecule has 0 spiro atoms. The molecule has 0 saturated carbocycles. The van der Waals surface area contributed by atoms with Gasteiger partial charge in [0.15, 0.2) is 5.82 Å². The number of aromatic nitrogens is 2. The van der Waals surface area contributed by atoms with Gasteiger partial charge in [-0.1, -0.05) is 12.1 Å². The van der Waals surface area contributed by atoms with Crippen LogP contribution in [0, 0.1) is 5.82 Å². The van der Waals surface area contributed by atoms with Gasteiger partial charge in [0.05, 0.1) is 17.3 Å². The largest absolute Gasteiger partial charge is 0.573 e. The van der Waals surface area contributed by atoms with Gasteiger partial charge >= 0.3 is 6.36 Å². The minimum absolute atomic E-state index is 0.0451. The van der Waals surface area contributed by atoms with Crippen molar-refractivity contribution in [3.8, 4) is 28.4 Å². The Morgan fingerprint density at radius 2 is 1.70 bits per heavy atom. The molecular weight excluding hydrogens is 442 g/mol. The van der Waals surface area contributed by atoms with Crippen LogP contribution >= 0.6 is 0 Å². The summed E-state index contributed by atoms with van der Waals surface area (Å²) in [5, 5.41) is 12.7. The SMILES string of the molecule is CC(NC(=O)c1cc(-c2ccc(OC(F)(F)F)cc2)nc(-c2cccc(F)c2)n1)C(C)(C)O. The summed E-state index contributed by atoms with van der Waals surface area (Å²) in [5.41, 5.74) is -0.354. The number of nitrogens with one attached hydrogen (secondary N) is 1. The number of carbonyl (C=O) groups excluding carboxylic acids is 1. The minimum Gasteiger partial charge on any atom is -0.406 e. The van der Waals surface area contributed by atoms with E-state index in [-0.39, 0.29) is 17.2 Å². The molecule has 1 unspecified atom stereocenters. The van der Waals surface area contributed by atoms with Crippen LogP contribution in [-0.4, -0.2) is 39.0 Å². The number of hydrogen-bond donors (Lipinski definition) is 2. The summed E-state index contributed by atoms with van der Waals surface area (Å²) in [7, 11) is 0. The molecule has 0 radical (unpaired) electrons. The zero-order valence-corrected chi connectivity index (χ0v) is 17.9. The van der Waals surface area contributed by atoms with E-state index in [1.165, 1.54) is 50.2 Å². The van der Waals surface area contributed by atoms with Crippen LogP contribution in [0.1, 0.15) is 31.3 Å². The van der Waals surface area contributed by atoms with Crippen LogP contribution in [-0.2, 0) is 0 Å². The average Bonchev–Trinajstić information content (AvgIpc) is 2.72. The summed E-state index contributed by atoms with van der Waals surface area (Å²) in [6.07, 6.45) is -4.83. The lowest BCUT2D eigenvalue weighted by atomic mass is 10.0. The first-order valence-corrected chi connectivity index (χ1v) is 9.86. The summed E-state index contributed by atoms with van der Waals surface area (Å²) >= 11 is 0. The van der Waals surface area contributed by atoms with E-state index in [4.69, 9.17) is 0 Å². The van der Waals surface area contributed by atoms with Crippen LogP contribution in [0.5, 0.6) is 5.75 Å². The van der Waals surface area contributed by atoms with Crippen molar-refractivity contribution in [2.75, 3.05) is 0 Å². The van der Waals surface area contributed by atoms with Crippen molar-refractivity contribution in [2.45, 2.75) is 38.8 Å². The van der Waals surface area contributed by atoms with Gasteiger partial charge in [-0.15, -0.1) is 13.2 Å². The van der Waals surface area contributed by atoms with E-state index in [0.29, 0.717) is 11.1 Å². The molecule has 0 aliphatic carbocycles. The number of nitrogens with zero attached hydrogens (tertiary/aromatic N) is 2. The Balaban J connectivity index is 2.03. The van der Waals surface area contributed by atoms with Crippen molar-refractivity contribution in [3.05, 3.63) is 66.1 Å². The number of alkyl halides is 3. The number of benzene rings is 2. The molecule has 0 bridgehead atoms. The number of hydrogen-bond acceptors (Lipinski definition) is 5. The maximum atomic E-state index is 13.7. The van der Waals surface area contributed by atoms with Crippen molar-refractivity contribution >= 4 is 5.91 Å². The van der Waals surface area contributed by atoms with Gasteiger partial charge in [0, 0.05) is 11.1 Å². The fourth-order valence-corrected chi connectivity index (χ4v) is 2.74. The second kappa shape index (κ2) is 9.14. The van der Waals surface area contributed by atoms with Gasteiger partial charge in [-0.2, -0.15) is 0 Å². The van der Waals surface area contributed by atoms with Crippen LogP contribution in [0.4, 0.5) is 17.6 Å². The number of ether oxygens (including phenoxy) is 1. The number of rotatable bonds is 6. The van der Waals surface area contributed by atoms with Gasteiger partial charge in [-0.25, -0.2) is 14.4 Å². The van der Waals surface area contributed by atoms with Gasteiger partial charge < -0.3 is 15.2 Å². The van der Waals surface area contributed by atoms with Gasteiger partial charge in [-0.3, -0.25) is 4.79 Å². The number of amides is 1. The van der Waals surface area contributed by atoms with Gasteiger partial charge in [0.2, 0.25) is 0 Å². The highest BCUT2D eigenvalue weighted by molar-refractivity contribution is 5.94. The third-order valence-corrected chi connectivity index (χ3v) is 4.83. The molecule has 1 aromatic heterocycles. The fourth-order valence-electron chi connectivity index (χ4n) is 2.74. The normalized spacial score (nSPS) is 12.8. The first-order valence-electron chi connectivity index (χ1n) is 9.86. The number of halogens is 4. The molecule has 2 N–H and O–H groups in total. The van der Waals surface area contributed by atoms with E-state index in [2.05, 4.69) is 20.0 Å². The zero-order chi connectivity index (χ0) is 24.4. The Morgan fingerprint density at radius 1 is 1.03 bits per heavy atom. The summed E-state index contributed by atoms with van der Waals surface area (Å²) in [5.74, 6) is -1.51. The Kier molecular flexibility index (Phi) is 6.68. The highest BCUT2D eigenvalue weighted by Crippen LogP contribution is 2.27. The summed E-state index contributed by atoms with van der Waals surface area (Å²) in [4.78, 5) is 21.4. The second-order valence-corrected chi connectivity index (χ2v) is 7.89. The smallest absolute Gasteiger partial charge is 0.406 e. The maximum Gasteiger partial charge on any atom is 0.573 e. The topological polar surface area (TPSA) is 84.3 Å². The Hall–Kier alpha value is -3.53. The molecule has 10 heteroatoms. The van der Waals surface area contributed by atoms with Crippen molar-refractivity contribution < 1.29 is 32.2 Å². The fraction of sp³-hybridized carbons (Fsp3) is 0.261. The molecule has 0 aliphatic rings. The van der Waals surface area contributed by atoms with E-state index in [1.807, 2.05) is 0 Å². The average molecular weight is 463 g/mol. The first kappa shape index (κ1) is 24.1. The molecule has 2 aromatic carbocycles. The molecule has 1 amide bonds. The van der Waals surface area contributed by atoms with Crippen LogP contribution in [0.2, 0.25) is 0 Å². The molecule has 3 aromatic rings. The van der Waals surface area contributed by atoms with Crippen LogP contribution in [0.3, 0.4) is 0 Å². The molecule has 0 saturated heterocycles. The van der Waals surface area contributed by atoms with Crippen LogP contribution in [0.15, 0.2) is 54.6 Å². The predicted molar refractivity (Wildman–Crippen MR) is 113 cm³/mol.